The topological polar surface area (TPSA) is 85.0 Å². The Morgan fingerprint density at radius 3 is 2.64 bits per heavy atom. The van der Waals surface area contributed by atoms with Crippen LogP contribution in [-0.2, 0) is 11.2 Å². The molecule has 0 saturated heterocycles. The van der Waals surface area contributed by atoms with Gasteiger partial charge in [0.25, 0.3) is 0 Å². The molecule has 1 aliphatic heterocycles. The van der Waals surface area contributed by atoms with Crippen LogP contribution in [0.3, 0.4) is 0 Å². The molecule has 0 radical (unpaired) electrons. The van der Waals surface area contributed by atoms with E-state index in [4.69, 9.17) is 15.2 Å². The van der Waals surface area contributed by atoms with Gasteiger partial charge in [0.05, 0.1) is 26.0 Å². The van der Waals surface area contributed by atoms with Crippen molar-refractivity contribution < 1.29 is 19.4 Å². The monoisotopic (exact) mass is 306 g/mol. The molecule has 1 fully saturated rings. The number of rotatable bonds is 4. The summed E-state index contributed by atoms with van der Waals surface area (Å²) in [5.41, 5.74) is 7.81. The van der Waals surface area contributed by atoms with Crippen molar-refractivity contribution in [2.75, 3.05) is 25.7 Å². The largest absolute Gasteiger partial charge is 0.493 e. The number of benzene rings is 1. The van der Waals surface area contributed by atoms with E-state index >= 15 is 0 Å². The van der Waals surface area contributed by atoms with E-state index in [0.717, 1.165) is 17.7 Å². The molecular weight excluding hydrogens is 284 g/mol. The average Bonchev–Trinajstić information content (AvgIpc) is 2.93. The molecule has 3 atom stereocenters. The van der Waals surface area contributed by atoms with Crippen LogP contribution in [0.4, 0.5) is 5.69 Å². The van der Waals surface area contributed by atoms with Gasteiger partial charge in [-0.15, -0.1) is 0 Å². The number of methoxy groups -OCH3 is 2. The van der Waals surface area contributed by atoms with E-state index in [-0.39, 0.29) is 24.3 Å². The molecule has 22 heavy (non-hydrogen) atoms. The number of anilines is 1. The van der Waals surface area contributed by atoms with E-state index in [1.165, 1.54) is 0 Å². The first kappa shape index (κ1) is 15.1. The van der Waals surface area contributed by atoms with Crippen molar-refractivity contribution >= 4 is 11.6 Å². The minimum atomic E-state index is -0.452. The number of amides is 1. The summed E-state index contributed by atoms with van der Waals surface area (Å²) in [6, 6.07) is 3.69. The van der Waals surface area contributed by atoms with Gasteiger partial charge in [0.15, 0.2) is 11.5 Å². The van der Waals surface area contributed by atoms with Gasteiger partial charge in [-0.05, 0) is 24.5 Å². The number of carbonyl (C=O) groups is 1. The number of nitrogens with zero attached hydrogens (tertiary/aromatic N) is 1. The quantitative estimate of drug-likeness (QED) is 0.855. The molecule has 120 valence electrons. The lowest BCUT2D eigenvalue weighted by molar-refractivity contribution is -0.122. The summed E-state index contributed by atoms with van der Waals surface area (Å²) in [6.45, 7) is 0.641. The summed E-state index contributed by atoms with van der Waals surface area (Å²) in [5, 5.41) is 9.73. The van der Waals surface area contributed by atoms with E-state index in [1.807, 2.05) is 12.1 Å². The molecular formula is C16H22N2O4. The first-order chi connectivity index (χ1) is 10.5. The lowest BCUT2D eigenvalue weighted by Crippen LogP contribution is -2.52. The van der Waals surface area contributed by atoms with Crippen molar-refractivity contribution in [3.8, 4) is 11.5 Å². The van der Waals surface area contributed by atoms with Gasteiger partial charge in [0.2, 0.25) is 5.91 Å². The van der Waals surface area contributed by atoms with Gasteiger partial charge < -0.3 is 25.2 Å². The normalized spacial score (nSPS) is 26.4. The summed E-state index contributed by atoms with van der Waals surface area (Å²) in [7, 11) is 3.18. The number of aliphatic hydroxyl groups excluding tert-OH is 1. The maximum Gasteiger partial charge on any atom is 0.227 e. The predicted molar refractivity (Wildman–Crippen MR) is 82.3 cm³/mol. The smallest absolute Gasteiger partial charge is 0.227 e. The zero-order valence-corrected chi connectivity index (χ0v) is 12.9. The third kappa shape index (κ3) is 2.42. The van der Waals surface area contributed by atoms with Gasteiger partial charge in [-0.25, -0.2) is 0 Å². The second kappa shape index (κ2) is 5.78. The molecule has 0 bridgehead atoms. The van der Waals surface area contributed by atoms with Gasteiger partial charge in [0, 0.05) is 31.0 Å². The fraction of sp³-hybridized carbons (Fsp3) is 0.562. The van der Waals surface area contributed by atoms with Crippen LogP contribution < -0.4 is 20.1 Å². The Labute approximate surface area is 129 Å². The second-order valence-corrected chi connectivity index (χ2v) is 5.97. The summed E-state index contributed by atoms with van der Waals surface area (Å²) in [4.78, 5) is 14.3. The van der Waals surface area contributed by atoms with Crippen LogP contribution in [0.25, 0.3) is 0 Å². The number of aliphatic hydroxyl groups is 1. The van der Waals surface area contributed by atoms with Crippen LogP contribution in [-0.4, -0.2) is 43.9 Å². The van der Waals surface area contributed by atoms with Crippen LogP contribution in [0.1, 0.15) is 18.4 Å². The Kier molecular flexibility index (Phi) is 3.97. The molecule has 1 amide bonds. The minimum Gasteiger partial charge on any atom is -0.493 e. The number of ether oxygens (including phenoxy) is 2. The average molecular weight is 306 g/mol. The summed E-state index contributed by atoms with van der Waals surface area (Å²) < 4.78 is 10.6. The Hall–Kier alpha value is -1.79. The van der Waals surface area contributed by atoms with E-state index in [0.29, 0.717) is 24.5 Å². The number of hydrogen-bond acceptors (Lipinski definition) is 5. The second-order valence-electron chi connectivity index (χ2n) is 5.97. The maximum absolute atomic E-state index is 12.5. The van der Waals surface area contributed by atoms with Crippen LogP contribution in [0, 0.1) is 5.92 Å². The molecule has 3 rings (SSSR count). The van der Waals surface area contributed by atoms with Crippen molar-refractivity contribution in [1.82, 2.24) is 0 Å². The summed E-state index contributed by atoms with van der Waals surface area (Å²) in [6.07, 6.45) is 1.21. The first-order valence-electron chi connectivity index (χ1n) is 7.54. The molecule has 1 heterocycles. The molecule has 0 spiro atoms. The van der Waals surface area contributed by atoms with Gasteiger partial charge in [-0.2, -0.15) is 0 Å². The fourth-order valence-corrected chi connectivity index (χ4v) is 3.29. The maximum atomic E-state index is 12.5. The van der Waals surface area contributed by atoms with Crippen molar-refractivity contribution in [2.45, 2.75) is 31.4 Å². The zero-order valence-electron chi connectivity index (χ0n) is 12.9. The SMILES string of the molecule is COc1cc2c(cc1OC)N(C(=O)C[C@H]1[C@H](O)C[C@@H]1N)CC2. The molecule has 0 aromatic heterocycles. The Morgan fingerprint density at radius 1 is 1.36 bits per heavy atom. The number of fused-ring (bicyclic) bond motifs is 1. The summed E-state index contributed by atoms with van der Waals surface area (Å²) >= 11 is 0. The molecule has 2 aliphatic rings. The highest BCUT2D eigenvalue weighted by molar-refractivity contribution is 5.96. The van der Waals surface area contributed by atoms with Crippen LogP contribution >= 0.6 is 0 Å². The minimum absolute atomic E-state index is 0.00479. The lowest BCUT2D eigenvalue weighted by atomic mass is 9.75. The predicted octanol–water partition coefficient (Wildman–Crippen LogP) is 0.691. The van der Waals surface area contributed by atoms with E-state index in [9.17, 15) is 9.90 Å². The molecule has 3 N–H and O–H groups in total. The number of nitrogens with two attached hydrogens (primary N) is 1. The van der Waals surface area contributed by atoms with Crippen molar-refractivity contribution in [3.63, 3.8) is 0 Å². The lowest BCUT2D eigenvalue weighted by Gasteiger charge is -2.39. The molecule has 1 aromatic carbocycles. The fourth-order valence-electron chi connectivity index (χ4n) is 3.29. The first-order valence-corrected chi connectivity index (χ1v) is 7.54. The van der Waals surface area contributed by atoms with Gasteiger partial charge in [-0.1, -0.05) is 0 Å². The van der Waals surface area contributed by atoms with E-state index in [2.05, 4.69) is 0 Å². The number of hydrogen-bond donors (Lipinski definition) is 2. The molecule has 0 unspecified atom stereocenters. The molecule has 6 nitrogen and oxygen atoms in total. The third-order valence-electron chi connectivity index (χ3n) is 4.75. The van der Waals surface area contributed by atoms with Gasteiger partial charge >= 0.3 is 0 Å². The van der Waals surface area contributed by atoms with Crippen molar-refractivity contribution in [2.24, 2.45) is 11.7 Å². The third-order valence-corrected chi connectivity index (χ3v) is 4.75. The van der Waals surface area contributed by atoms with Crippen molar-refractivity contribution in [1.29, 1.82) is 0 Å². The Bertz CT molecular complexity index is 582. The molecule has 1 aromatic rings. The Morgan fingerprint density at radius 2 is 2.05 bits per heavy atom. The highest BCUT2D eigenvalue weighted by Gasteiger charge is 2.40. The van der Waals surface area contributed by atoms with Gasteiger partial charge in [0.1, 0.15) is 0 Å². The molecule has 1 saturated carbocycles. The summed E-state index contributed by atoms with van der Waals surface area (Å²) in [5.74, 6) is 1.16. The van der Waals surface area contributed by atoms with E-state index in [1.54, 1.807) is 19.1 Å². The Balaban J connectivity index is 1.80. The van der Waals surface area contributed by atoms with Gasteiger partial charge in [-0.3, -0.25) is 4.79 Å². The van der Waals surface area contributed by atoms with Crippen molar-refractivity contribution in [3.05, 3.63) is 17.7 Å². The number of carbonyl (C=O) groups excluding carboxylic acids is 1. The van der Waals surface area contributed by atoms with Crippen LogP contribution in [0.2, 0.25) is 0 Å². The van der Waals surface area contributed by atoms with E-state index < -0.39 is 6.10 Å². The molecule has 1 aliphatic carbocycles. The molecule has 6 heteroatoms. The highest BCUT2D eigenvalue weighted by atomic mass is 16.5. The van der Waals surface area contributed by atoms with Crippen LogP contribution in [0.15, 0.2) is 12.1 Å². The highest BCUT2D eigenvalue weighted by Crippen LogP contribution is 2.39. The van der Waals surface area contributed by atoms with Crippen LogP contribution in [0.5, 0.6) is 11.5 Å². The zero-order chi connectivity index (χ0) is 15.9. The standard InChI is InChI=1S/C16H22N2O4/c1-21-14-5-9-3-4-18(12(9)8-15(14)22-2)16(20)6-10-11(17)7-13(10)19/h5,8,10-11,13,19H,3-4,6-7,17H2,1-2H3/t10-,11+,13-/m1/s1.